The van der Waals surface area contributed by atoms with Gasteiger partial charge in [-0.05, 0) is 24.6 Å². The highest BCUT2D eigenvalue weighted by molar-refractivity contribution is 7.21. The molecule has 0 atom stereocenters. The normalized spacial score (nSPS) is 10.9. The van der Waals surface area contributed by atoms with E-state index in [-0.39, 0.29) is 5.91 Å². The van der Waals surface area contributed by atoms with Gasteiger partial charge < -0.3 is 11.1 Å². The second kappa shape index (κ2) is 5.57. The highest BCUT2D eigenvalue weighted by atomic mass is 32.1. The first-order chi connectivity index (χ1) is 10.1. The minimum absolute atomic E-state index is 0.126. The molecule has 0 bridgehead atoms. The average molecular weight is 300 g/mol. The number of nitrogens with two attached hydrogens (primary N) is 1. The predicted molar refractivity (Wildman–Crippen MR) is 85.5 cm³/mol. The molecule has 1 amide bonds. The number of nitrogen functional groups attached to an aromatic ring is 1. The number of rotatable bonds is 4. The molecule has 21 heavy (non-hydrogen) atoms. The summed E-state index contributed by atoms with van der Waals surface area (Å²) in [6.45, 7) is 3.19. The van der Waals surface area contributed by atoms with E-state index in [0.717, 1.165) is 15.6 Å². The molecule has 3 rings (SSSR count). The van der Waals surface area contributed by atoms with Crippen molar-refractivity contribution in [3.8, 4) is 0 Å². The SMILES string of the molecule is Cc1ccc2c(N)c(C(=O)NCCn3cccn3)sc2c1. The van der Waals surface area contributed by atoms with Crippen LogP contribution < -0.4 is 11.1 Å². The molecule has 0 aliphatic carbocycles. The van der Waals surface area contributed by atoms with Gasteiger partial charge in [-0.15, -0.1) is 11.3 Å². The maximum absolute atomic E-state index is 12.2. The van der Waals surface area contributed by atoms with Gasteiger partial charge in [0.05, 0.1) is 12.2 Å². The van der Waals surface area contributed by atoms with E-state index in [4.69, 9.17) is 5.73 Å². The van der Waals surface area contributed by atoms with Crippen LogP contribution in [0, 0.1) is 6.92 Å². The van der Waals surface area contributed by atoms with Crippen LogP contribution in [0.2, 0.25) is 0 Å². The van der Waals surface area contributed by atoms with Gasteiger partial charge in [0.2, 0.25) is 0 Å². The van der Waals surface area contributed by atoms with E-state index in [1.54, 1.807) is 10.9 Å². The van der Waals surface area contributed by atoms with Crippen molar-refractivity contribution in [2.75, 3.05) is 12.3 Å². The number of hydrogen-bond acceptors (Lipinski definition) is 4. The van der Waals surface area contributed by atoms with Gasteiger partial charge in [0.1, 0.15) is 4.88 Å². The number of nitrogens with one attached hydrogen (secondary N) is 1. The molecule has 3 N–H and O–H groups in total. The lowest BCUT2D eigenvalue weighted by atomic mass is 10.1. The molecule has 0 aliphatic rings. The zero-order chi connectivity index (χ0) is 14.8. The zero-order valence-corrected chi connectivity index (χ0v) is 12.5. The van der Waals surface area contributed by atoms with Crippen molar-refractivity contribution in [1.82, 2.24) is 15.1 Å². The molecular formula is C15H16N4OS. The number of nitrogens with zero attached hydrogens (tertiary/aromatic N) is 2. The molecule has 0 unspecified atom stereocenters. The first kappa shape index (κ1) is 13.6. The quantitative estimate of drug-likeness (QED) is 0.777. The van der Waals surface area contributed by atoms with Gasteiger partial charge >= 0.3 is 0 Å². The van der Waals surface area contributed by atoms with Crippen molar-refractivity contribution in [3.05, 3.63) is 47.1 Å². The Morgan fingerprint density at radius 1 is 1.48 bits per heavy atom. The number of carbonyl (C=O) groups is 1. The molecule has 2 heterocycles. The molecule has 0 aliphatic heterocycles. The van der Waals surface area contributed by atoms with Gasteiger partial charge in [-0.3, -0.25) is 9.48 Å². The third-order valence-corrected chi connectivity index (χ3v) is 4.44. The Bertz CT molecular complexity index is 776. The lowest BCUT2D eigenvalue weighted by Crippen LogP contribution is -2.27. The second-order valence-corrected chi connectivity index (χ2v) is 5.92. The van der Waals surface area contributed by atoms with Crippen LogP contribution >= 0.6 is 11.3 Å². The largest absolute Gasteiger partial charge is 0.397 e. The molecule has 0 saturated heterocycles. The predicted octanol–water partition coefficient (Wildman–Crippen LogP) is 2.42. The Kier molecular flexibility index (Phi) is 3.62. The molecule has 3 aromatic rings. The molecule has 0 radical (unpaired) electrons. The van der Waals surface area contributed by atoms with Crippen LogP contribution in [0.4, 0.5) is 5.69 Å². The summed E-state index contributed by atoms with van der Waals surface area (Å²) in [4.78, 5) is 12.8. The maximum Gasteiger partial charge on any atom is 0.263 e. The van der Waals surface area contributed by atoms with Crippen LogP contribution in [-0.4, -0.2) is 22.2 Å². The smallest absolute Gasteiger partial charge is 0.263 e. The maximum atomic E-state index is 12.2. The molecule has 0 spiro atoms. The number of anilines is 1. The van der Waals surface area contributed by atoms with Crippen molar-refractivity contribution >= 4 is 33.0 Å². The first-order valence-corrected chi connectivity index (χ1v) is 7.51. The molecule has 2 aromatic heterocycles. The lowest BCUT2D eigenvalue weighted by molar-refractivity contribution is 0.0957. The van der Waals surface area contributed by atoms with Crippen molar-refractivity contribution in [2.45, 2.75) is 13.5 Å². The Morgan fingerprint density at radius 3 is 3.10 bits per heavy atom. The van der Waals surface area contributed by atoms with Crippen molar-refractivity contribution in [1.29, 1.82) is 0 Å². The summed E-state index contributed by atoms with van der Waals surface area (Å²) in [5, 5.41) is 7.92. The highest BCUT2D eigenvalue weighted by Gasteiger charge is 2.15. The molecule has 0 fully saturated rings. The van der Waals surface area contributed by atoms with Crippen molar-refractivity contribution < 1.29 is 4.79 Å². The zero-order valence-electron chi connectivity index (χ0n) is 11.7. The average Bonchev–Trinajstić information content (AvgIpc) is 3.07. The van der Waals surface area contributed by atoms with Crippen LogP contribution in [0.1, 0.15) is 15.2 Å². The molecule has 108 valence electrons. The standard InChI is InChI=1S/C15H16N4OS/c1-10-3-4-11-12(9-10)21-14(13(11)16)15(20)17-6-8-19-7-2-5-18-19/h2-5,7,9H,6,8,16H2,1H3,(H,17,20). The van der Waals surface area contributed by atoms with Crippen LogP contribution in [-0.2, 0) is 6.54 Å². The van der Waals surface area contributed by atoms with Gasteiger partial charge in [0, 0.05) is 29.0 Å². The van der Waals surface area contributed by atoms with E-state index in [9.17, 15) is 4.79 Å². The minimum Gasteiger partial charge on any atom is -0.397 e. The summed E-state index contributed by atoms with van der Waals surface area (Å²) >= 11 is 1.43. The van der Waals surface area contributed by atoms with Crippen molar-refractivity contribution in [3.63, 3.8) is 0 Å². The van der Waals surface area contributed by atoms with E-state index in [0.29, 0.717) is 23.7 Å². The summed E-state index contributed by atoms with van der Waals surface area (Å²) in [5.74, 6) is -0.126. The topological polar surface area (TPSA) is 72.9 Å². The number of aromatic nitrogens is 2. The minimum atomic E-state index is -0.126. The van der Waals surface area contributed by atoms with E-state index in [1.165, 1.54) is 11.3 Å². The van der Waals surface area contributed by atoms with E-state index in [1.807, 2.05) is 31.3 Å². The Labute approximate surface area is 126 Å². The summed E-state index contributed by atoms with van der Waals surface area (Å²) in [7, 11) is 0. The fourth-order valence-corrected chi connectivity index (χ4v) is 3.33. The summed E-state index contributed by atoms with van der Waals surface area (Å²) < 4.78 is 2.82. The number of fused-ring (bicyclic) bond motifs is 1. The van der Waals surface area contributed by atoms with Gasteiger partial charge in [-0.25, -0.2) is 0 Å². The number of benzene rings is 1. The van der Waals surface area contributed by atoms with Crippen LogP contribution in [0.15, 0.2) is 36.7 Å². The first-order valence-electron chi connectivity index (χ1n) is 6.69. The summed E-state index contributed by atoms with van der Waals surface area (Å²) in [5.41, 5.74) is 7.81. The van der Waals surface area contributed by atoms with Crippen LogP contribution in [0.25, 0.3) is 10.1 Å². The number of thiophene rings is 1. The van der Waals surface area contributed by atoms with E-state index >= 15 is 0 Å². The van der Waals surface area contributed by atoms with Gasteiger partial charge in [0.25, 0.3) is 5.91 Å². The Hall–Kier alpha value is -2.34. The summed E-state index contributed by atoms with van der Waals surface area (Å²) in [6, 6.07) is 7.88. The van der Waals surface area contributed by atoms with Crippen LogP contribution in [0.5, 0.6) is 0 Å². The number of aryl methyl sites for hydroxylation is 1. The fraction of sp³-hybridized carbons (Fsp3) is 0.200. The number of hydrogen-bond donors (Lipinski definition) is 2. The Morgan fingerprint density at radius 2 is 2.33 bits per heavy atom. The molecule has 1 aromatic carbocycles. The van der Waals surface area contributed by atoms with E-state index in [2.05, 4.69) is 16.5 Å². The fourth-order valence-electron chi connectivity index (χ4n) is 2.19. The van der Waals surface area contributed by atoms with Gasteiger partial charge in [-0.2, -0.15) is 5.10 Å². The monoisotopic (exact) mass is 300 g/mol. The van der Waals surface area contributed by atoms with Gasteiger partial charge in [0.15, 0.2) is 0 Å². The third kappa shape index (κ3) is 2.75. The molecule has 5 nitrogen and oxygen atoms in total. The van der Waals surface area contributed by atoms with Crippen LogP contribution in [0.3, 0.4) is 0 Å². The molecule has 0 saturated carbocycles. The lowest BCUT2D eigenvalue weighted by Gasteiger charge is -2.04. The third-order valence-electron chi connectivity index (χ3n) is 3.28. The number of carbonyl (C=O) groups excluding carboxylic acids is 1. The van der Waals surface area contributed by atoms with Gasteiger partial charge in [-0.1, -0.05) is 12.1 Å². The van der Waals surface area contributed by atoms with E-state index < -0.39 is 0 Å². The second-order valence-electron chi connectivity index (χ2n) is 4.87. The molecule has 6 heteroatoms. The Balaban J connectivity index is 1.73. The highest BCUT2D eigenvalue weighted by Crippen LogP contribution is 2.33. The number of amides is 1. The molecular weight excluding hydrogens is 284 g/mol. The summed E-state index contributed by atoms with van der Waals surface area (Å²) in [6.07, 6.45) is 3.58. The van der Waals surface area contributed by atoms with Crippen molar-refractivity contribution in [2.24, 2.45) is 0 Å².